The molecule has 1 aliphatic rings. The number of rotatable bonds is 3. The van der Waals surface area contributed by atoms with Crippen LogP contribution in [0.2, 0.25) is 0 Å². The van der Waals surface area contributed by atoms with Crippen LogP contribution in [0.5, 0.6) is 0 Å². The molecule has 0 aromatic heterocycles. The van der Waals surface area contributed by atoms with E-state index in [4.69, 9.17) is 4.74 Å². The third-order valence-electron chi connectivity index (χ3n) is 5.02. The van der Waals surface area contributed by atoms with Crippen LogP contribution in [0.3, 0.4) is 0 Å². The summed E-state index contributed by atoms with van der Waals surface area (Å²) in [7, 11) is 2.16. The molecule has 1 N–H and O–H groups in total. The maximum atomic E-state index is 12.4. The Balaban J connectivity index is 2.28. The molecular formula is C20H32N2O2. The molecule has 1 saturated heterocycles. The summed E-state index contributed by atoms with van der Waals surface area (Å²) in [5.41, 5.74) is 0.483. The van der Waals surface area contributed by atoms with Crippen LogP contribution in [0.25, 0.3) is 0 Å². The maximum absolute atomic E-state index is 12.4. The predicted octanol–water partition coefficient (Wildman–Crippen LogP) is 4.37. The van der Waals surface area contributed by atoms with Gasteiger partial charge in [0.05, 0.1) is 6.04 Å². The lowest BCUT2D eigenvalue weighted by atomic mass is 9.77. The second kappa shape index (κ2) is 7.14. The van der Waals surface area contributed by atoms with Gasteiger partial charge in [-0.05, 0) is 59.1 Å². The van der Waals surface area contributed by atoms with Crippen molar-refractivity contribution < 1.29 is 9.53 Å². The minimum absolute atomic E-state index is 0.106. The van der Waals surface area contributed by atoms with E-state index in [9.17, 15) is 4.79 Å². The number of likely N-dealkylation sites (N-methyl/N-ethyl adjacent to an activating group) is 1. The third kappa shape index (κ3) is 4.50. The fraction of sp³-hybridized carbons (Fsp3) is 0.650. The molecule has 3 atom stereocenters. The van der Waals surface area contributed by atoms with E-state index in [0.29, 0.717) is 5.92 Å². The van der Waals surface area contributed by atoms with E-state index in [1.807, 2.05) is 39.0 Å². The number of likely N-dealkylation sites (tertiary alicyclic amines) is 1. The molecule has 1 aliphatic heterocycles. The molecule has 1 amide bonds. The summed E-state index contributed by atoms with van der Waals surface area (Å²) >= 11 is 0. The molecule has 0 spiro atoms. The molecule has 134 valence electrons. The number of piperidine rings is 1. The van der Waals surface area contributed by atoms with E-state index < -0.39 is 5.60 Å². The Kier molecular flexibility index (Phi) is 5.59. The second-order valence-electron chi connectivity index (χ2n) is 8.37. The van der Waals surface area contributed by atoms with Gasteiger partial charge in [-0.25, -0.2) is 4.79 Å². The second-order valence-corrected chi connectivity index (χ2v) is 8.37. The Bertz CT molecular complexity index is 553. The number of ether oxygens (including phenoxy) is 1. The maximum Gasteiger partial charge on any atom is 0.408 e. The lowest BCUT2D eigenvalue weighted by Gasteiger charge is -2.49. The van der Waals surface area contributed by atoms with Crippen LogP contribution < -0.4 is 5.32 Å². The fourth-order valence-electron chi connectivity index (χ4n) is 3.53. The molecule has 3 unspecified atom stereocenters. The zero-order valence-electron chi connectivity index (χ0n) is 15.9. The Morgan fingerprint density at radius 3 is 2.50 bits per heavy atom. The van der Waals surface area contributed by atoms with E-state index in [1.54, 1.807) is 0 Å². The van der Waals surface area contributed by atoms with Gasteiger partial charge in [0, 0.05) is 12.1 Å². The van der Waals surface area contributed by atoms with Gasteiger partial charge in [0.25, 0.3) is 0 Å². The Hall–Kier alpha value is -1.55. The number of benzene rings is 1. The highest BCUT2D eigenvalue weighted by atomic mass is 16.6. The summed E-state index contributed by atoms with van der Waals surface area (Å²) in [5.74, 6) is 0.682. The van der Waals surface area contributed by atoms with Crippen LogP contribution >= 0.6 is 0 Å². The summed E-state index contributed by atoms with van der Waals surface area (Å²) in [5, 5.41) is 3.14. The van der Waals surface area contributed by atoms with Crippen molar-refractivity contribution in [3.63, 3.8) is 0 Å². The molecule has 0 aliphatic carbocycles. The van der Waals surface area contributed by atoms with E-state index in [1.165, 1.54) is 6.42 Å². The first kappa shape index (κ1) is 18.8. The molecule has 0 radical (unpaired) electrons. The van der Waals surface area contributed by atoms with Gasteiger partial charge in [0.1, 0.15) is 5.60 Å². The highest BCUT2D eigenvalue weighted by molar-refractivity contribution is 5.68. The van der Waals surface area contributed by atoms with Crippen LogP contribution in [0.4, 0.5) is 4.79 Å². The number of hydrogen-bond donors (Lipinski definition) is 1. The molecule has 1 aromatic carbocycles. The first-order chi connectivity index (χ1) is 11.1. The Morgan fingerprint density at radius 1 is 1.33 bits per heavy atom. The zero-order valence-corrected chi connectivity index (χ0v) is 15.9. The molecule has 2 rings (SSSR count). The van der Waals surface area contributed by atoms with E-state index in [-0.39, 0.29) is 17.7 Å². The highest BCUT2D eigenvalue weighted by Crippen LogP contribution is 2.39. The van der Waals surface area contributed by atoms with Gasteiger partial charge < -0.3 is 10.1 Å². The SMILES string of the molecule is CC1CCC(C)(C(NC(=O)OC(C)(C)C)c2ccccc2)N(C)C1. The molecular weight excluding hydrogens is 300 g/mol. The molecule has 4 heteroatoms. The number of carbonyl (C=O) groups is 1. The molecule has 4 nitrogen and oxygen atoms in total. The summed E-state index contributed by atoms with van der Waals surface area (Å²) in [6.45, 7) is 11.2. The summed E-state index contributed by atoms with van der Waals surface area (Å²) in [4.78, 5) is 14.8. The Labute approximate surface area is 146 Å². The van der Waals surface area contributed by atoms with Crippen molar-refractivity contribution in [3.8, 4) is 0 Å². The van der Waals surface area contributed by atoms with Crippen molar-refractivity contribution in [2.24, 2.45) is 5.92 Å². The van der Waals surface area contributed by atoms with Crippen molar-refractivity contribution in [2.75, 3.05) is 13.6 Å². The molecule has 0 bridgehead atoms. The highest BCUT2D eigenvalue weighted by Gasteiger charge is 2.43. The standard InChI is InChI=1S/C20H32N2O2/c1-15-12-13-20(5,22(6)14-15)17(16-10-8-7-9-11-16)21-18(23)24-19(2,3)4/h7-11,15,17H,12-14H2,1-6H3,(H,21,23). The van der Waals surface area contributed by atoms with Crippen molar-refractivity contribution in [2.45, 2.75) is 64.6 Å². The fourth-order valence-corrected chi connectivity index (χ4v) is 3.53. The number of nitrogens with zero attached hydrogens (tertiary/aromatic N) is 1. The first-order valence-electron chi connectivity index (χ1n) is 8.87. The molecule has 1 heterocycles. The minimum Gasteiger partial charge on any atom is -0.444 e. The smallest absolute Gasteiger partial charge is 0.408 e. The normalized spacial score (nSPS) is 26.7. The average molecular weight is 332 g/mol. The largest absolute Gasteiger partial charge is 0.444 e. The van der Waals surface area contributed by atoms with Gasteiger partial charge in [-0.3, -0.25) is 4.90 Å². The summed E-state index contributed by atoms with van der Waals surface area (Å²) < 4.78 is 5.51. The number of carbonyl (C=O) groups excluding carboxylic acids is 1. The van der Waals surface area contributed by atoms with Crippen LogP contribution in [-0.2, 0) is 4.74 Å². The van der Waals surface area contributed by atoms with Gasteiger partial charge in [-0.15, -0.1) is 0 Å². The van der Waals surface area contributed by atoms with Crippen LogP contribution in [-0.4, -0.2) is 35.7 Å². The monoisotopic (exact) mass is 332 g/mol. The van der Waals surface area contributed by atoms with Crippen molar-refractivity contribution in [1.82, 2.24) is 10.2 Å². The predicted molar refractivity (Wildman–Crippen MR) is 98.0 cm³/mol. The van der Waals surface area contributed by atoms with Crippen molar-refractivity contribution in [1.29, 1.82) is 0 Å². The first-order valence-corrected chi connectivity index (χ1v) is 8.87. The zero-order chi connectivity index (χ0) is 18.0. The quantitative estimate of drug-likeness (QED) is 0.893. The van der Waals surface area contributed by atoms with Crippen molar-refractivity contribution in [3.05, 3.63) is 35.9 Å². The van der Waals surface area contributed by atoms with E-state index >= 15 is 0 Å². The number of amides is 1. The van der Waals surface area contributed by atoms with Crippen molar-refractivity contribution >= 4 is 6.09 Å². The minimum atomic E-state index is -0.501. The molecule has 0 saturated carbocycles. The summed E-state index contributed by atoms with van der Waals surface area (Å²) in [6, 6.07) is 10.1. The Morgan fingerprint density at radius 2 is 1.96 bits per heavy atom. The topological polar surface area (TPSA) is 41.6 Å². The average Bonchev–Trinajstić information content (AvgIpc) is 2.48. The number of alkyl carbamates (subject to hydrolysis) is 1. The van der Waals surface area contributed by atoms with Gasteiger partial charge in [0.2, 0.25) is 0 Å². The van der Waals surface area contributed by atoms with Gasteiger partial charge >= 0.3 is 6.09 Å². The lowest BCUT2D eigenvalue weighted by Crippen LogP contribution is -2.58. The van der Waals surface area contributed by atoms with Gasteiger partial charge in [-0.2, -0.15) is 0 Å². The molecule has 24 heavy (non-hydrogen) atoms. The molecule has 1 aromatic rings. The van der Waals surface area contributed by atoms with E-state index in [2.05, 4.69) is 43.2 Å². The van der Waals surface area contributed by atoms with Crippen LogP contribution in [0.15, 0.2) is 30.3 Å². The van der Waals surface area contributed by atoms with Crippen LogP contribution in [0, 0.1) is 5.92 Å². The molecule has 1 fully saturated rings. The number of hydrogen-bond acceptors (Lipinski definition) is 3. The number of nitrogens with one attached hydrogen (secondary N) is 1. The third-order valence-corrected chi connectivity index (χ3v) is 5.02. The van der Waals surface area contributed by atoms with Gasteiger partial charge in [-0.1, -0.05) is 37.3 Å². The van der Waals surface area contributed by atoms with E-state index in [0.717, 1.165) is 18.5 Å². The van der Waals surface area contributed by atoms with Gasteiger partial charge in [0.15, 0.2) is 0 Å². The lowest BCUT2D eigenvalue weighted by molar-refractivity contribution is 0.0140. The van der Waals surface area contributed by atoms with Crippen LogP contribution in [0.1, 0.15) is 59.1 Å². The summed E-state index contributed by atoms with van der Waals surface area (Å²) in [6.07, 6.45) is 1.85.